The molecule has 0 aliphatic rings. The third-order valence-corrected chi connectivity index (χ3v) is 4.92. The fourth-order valence-electron chi connectivity index (χ4n) is 3.40. The van der Waals surface area contributed by atoms with Gasteiger partial charge in [0.1, 0.15) is 6.33 Å². The molecule has 3 aromatic rings. The van der Waals surface area contributed by atoms with Gasteiger partial charge in [0.25, 0.3) is 5.78 Å². The molecule has 2 aromatic heterocycles. The van der Waals surface area contributed by atoms with Gasteiger partial charge in [-0.15, -0.1) is 0 Å². The van der Waals surface area contributed by atoms with Gasteiger partial charge in [-0.05, 0) is 51.4 Å². The minimum atomic E-state index is 0.0724. The van der Waals surface area contributed by atoms with Crippen molar-refractivity contribution in [2.75, 3.05) is 20.1 Å². The summed E-state index contributed by atoms with van der Waals surface area (Å²) in [6, 6.07) is 10.4. The van der Waals surface area contributed by atoms with Crippen molar-refractivity contribution in [3.05, 3.63) is 59.2 Å². The second-order valence-electron chi connectivity index (χ2n) is 7.16. The number of aryl methyl sites for hydroxylation is 2. The zero-order valence-corrected chi connectivity index (χ0v) is 16.9. The van der Waals surface area contributed by atoms with Gasteiger partial charge in [-0.1, -0.05) is 30.3 Å². The molecular weight excluding hydrogens is 352 g/mol. The fourth-order valence-corrected chi connectivity index (χ4v) is 3.40. The molecule has 0 radical (unpaired) electrons. The molecule has 0 atom stereocenters. The van der Waals surface area contributed by atoms with Gasteiger partial charge < -0.3 is 10.2 Å². The van der Waals surface area contributed by atoms with Crippen molar-refractivity contribution in [3.8, 4) is 0 Å². The molecule has 0 bridgehead atoms. The Bertz CT molecular complexity index is 921. The van der Waals surface area contributed by atoms with Crippen LogP contribution in [-0.4, -0.2) is 50.5 Å². The molecule has 2 heterocycles. The van der Waals surface area contributed by atoms with E-state index in [9.17, 15) is 4.79 Å². The molecule has 0 saturated heterocycles. The molecule has 0 unspecified atom stereocenters. The van der Waals surface area contributed by atoms with E-state index in [0.717, 1.165) is 36.5 Å². The molecule has 1 aromatic carbocycles. The second kappa shape index (κ2) is 9.41. The first-order valence-electron chi connectivity index (χ1n) is 9.69. The molecule has 1 N–H and O–H groups in total. The van der Waals surface area contributed by atoms with Crippen LogP contribution in [0.3, 0.4) is 0 Å². The van der Waals surface area contributed by atoms with Gasteiger partial charge in [-0.25, -0.2) is 9.50 Å². The van der Waals surface area contributed by atoms with Crippen LogP contribution in [0.4, 0.5) is 0 Å². The number of hydrogen-bond acceptors (Lipinski definition) is 5. The molecular formula is C21H28N6O. The quantitative estimate of drug-likeness (QED) is 0.577. The third kappa shape index (κ3) is 5.13. The van der Waals surface area contributed by atoms with E-state index in [0.29, 0.717) is 25.2 Å². The standard InChI is InChI=1S/C21H28N6O/c1-16-19(17(2)27-21(25-16)23-15-24-27)10-11-20(28)22-12-7-13-26(3)14-18-8-5-4-6-9-18/h4-6,8-9,15H,7,10-14H2,1-3H3,(H,22,28). The van der Waals surface area contributed by atoms with Crippen LogP contribution in [0, 0.1) is 13.8 Å². The van der Waals surface area contributed by atoms with E-state index >= 15 is 0 Å². The van der Waals surface area contributed by atoms with Gasteiger partial charge in [0, 0.05) is 30.9 Å². The maximum atomic E-state index is 12.2. The normalized spacial score (nSPS) is 11.3. The molecule has 3 rings (SSSR count). The van der Waals surface area contributed by atoms with Crippen molar-refractivity contribution >= 4 is 11.7 Å². The predicted molar refractivity (Wildman–Crippen MR) is 109 cm³/mol. The summed E-state index contributed by atoms with van der Waals surface area (Å²) in [5.74, 6) is 0.672. The summed E-state index contributed by atoms with van der Waals surface area (Å²) in [5.41, 5.74) is 4.28. The van der Waals surface area contributed by atoms with Crippen molar-refractivity contribution < 1.29 is 4.79 Å². The number of hydrogen-bond donors (Lipinski definition) is 1. The number of nitrogens with zero attached hydrogens (tertiary/aromatic N) is 5. The van der Waals surface area contributed by atoms with Gasteiger partial charge in [-0.2, -0.15) is 10.1 Å². The molecule has 148 valence electrons. The minimum Gasteiger partial charge on any atom is -0.356 e. The smallest absolute Gasteiger partial charge is 0.252 e. The van der Waals surface area contributed by atoms with Crippen LogP contribution in [-0.2, 0) is 17.8 Å². The van der Waals surface area contributed by atoms with Gasteiger partial charge in [-0.3, -0.25) is 4.79 Å². The van der Waals surface area contributed by atoms with Crippen LogP contribution in [0.2, 0.25) is 0 Å². The molecule has 7 nitrogen and oxygen atoms in total. The first-order valence-corrected chi connectivity index (χ1v) is 9.69. The Kier molecular flexibility index (Phi) is 6.71. The van der Waals surface area contributed by atoms with Gasteiger partial charge in [0.15, 0.2) is 0 Å². The highest BCUT2D eigenvalue weighted by Crippen LogP contribution is 2.14. The van der Waals surface area contributed by atoms with Gasteiger partial charge in [0.2, 0.25) is 5.91 Å². The van der Waals surface area contributed by atoms with Crippen LogP contribution >= 0.6 is 0 Å². The summed E-state index contributed by atoms with van der Waals surface area (Å²) in [7, 11) is 2.10. The van der Waals surface area contributed by atoms with E-state index in [1.807, 2.05) is 19.9 Å². The number of rotatable bonds is 9. The van der Waals surface area contributed by atoms with Crippen LogP contribution in [0.5, 0.6) is 0 Å². The Morgan fingerprint density at radius 3 is 2.79 bits per heavy atom. The van der Waals surface area contributed by atoms with Crippen LogP contribution in [0.25, 0.3) is 5.78 Å². The number of aromatic nitrogens is 4. The zero-order valence-electron chi connectivity index (χ0n) is 16.9. The molecule has 0 fully saturated rings. The van der Waals surface area contributed by atoms with E-state index in [-0.39, 0.29) is 5.91 Å². The van der Waals surface area contributed by atoms with Crippen molar-refractivity contribution in [3.63, 3.8) is 0 Å². The lowest BCUT2D eigenvalue weighted by Gasteiger charge is -2.16. The van der Waals surface area contributed by atoms with Crippen LogP contribution in [0.1, 0.15) is 35.4 Å². The lowest BCUT2D eigenvalue weighted by Crippen LogP contribution is -2.28. The van der Waals surface area contributed by atoms with E-state index in [1.54, 1.807) is 4.52 Å². The minimum absolute atomic E-state index is 0.0724. The lowest BCUT2D eigenvalue weighted by molar-refractivity contribution is -0.121. The van der Waals surface area contributed by atoms with Gasteiger partial charge >= 0.3 is 0 Å². The van der Waals surface area contributed by atoms with E-state index in [4.69, 9.17) is 0 Å². The van der Waals surface area contributed by atoms with E-state index in [2.05, 4.69) is 56.6 Å². The highest BCUT2D eigenvalue weighted by molar-refractivity contribution is 5.76. The summed E-state index contributed by atoms with van der Waals surface area (Å²) < 4.78 is 1.73. The number of nitrogens with one attached hydrogen (secondary N) is 1. The Hall–Kier alpha value is -2.80. The molecule has 0 aliphatic carbocycles. The second-order valence-corrected chi connectivity index (χ2v) is 7.16. The van der Waals surface area contributed by atoms with Crippen molar-refractivity contribution in [2.24, 2.45) is 0 Å². The SMILES string of the molecule is Cc1nc2ncnn2c(C)c1CCC(=O)NCCCN(C)Cc1ccccc1. The first kappa shape index (κ1) is 19.9. The third-order valence-electron chi connectivity index (χ3n) is 4.92. The summed E-state index contributed by atoms with van der Waals surface area (Å²) in [6.45, 7) is 6.51. The van der Waals surface area contributed by atoms with Gasteiger partial charge in [0.05, 0.1) is 0 Å². The number of benzene rings is 1. The molecule has 28 heavy (non-hydrogen) atoms. The lowest BCUT2D eigenvalue weighted by atomic mass is 10.1. The Labute approximate surface area is 165 Å². The van der Waals surface area contributed by atoms with Crippen LogP contribution < -0.4 is 5.32 Å². The first-order chi connectivity index (χ1) is 13.5. The van der Waals surface area contributed by atoms with E-state index in [1.165, 1.54) is 11.9 Å². The zero-order chi connectivity index (χ0) is 19.9. The van der Waals surface area contributed by atoms with Crippen molar-refractivity contribution in [1.82, 2.24) is 29.8 Å². The van der Waals surface area contributed by atoms with Crippen LogP contribution in [0.15, 0.2) is 36.7 Å². The Balaban J connectivity index is 1.39. The molecule has 0 aliphatic heterocycles. The Morgan fingerprint density at radius 1 is 1.21 bits per heavy atom. The van der Waals surface area contributed by atoms with Crippen molar-refractivity contribution in [2.45, 2.75) is 39.7 Å². The predicted octanol–water partition coefficient (Wildman–Crippen LogP) is 2.31. The number of carbonyl (C=O) groups is 1. The van der Waals surface area contributed by atoms with Crippen molar-refractivity contribution in [1.29, 1.82) is 0 Å². The highest BCUT2D eigenvalue weighted by Gasteiger charge is 2.12. The molecule has 1 amide bonds. The average Bonchev–Trinajstić information content (AvgIpc) is 3.14. The monoisotopic (exact) mass is 380 g/mol. The highest BCUT2D eigenvalue weighted by atomic mass is 16.1. The van der Waals surface area contributed by atoms with E-state index < -0.39 is 0 Å². The topological polar surface area (TPSA) is 75.4 Å². The maximum absolute atomic E-state index is 12.2. The Morgan fingerprint density at radius 2 is 2.00 bits per heavy atom. The number of carbonyl (C=O) groups excluding carboxylic acids is 1. The molecule has 0 saturated carbocycles. The molecule has 0 spiro atoms. The average molecular weight is 380 g/mol. The maximum Gasteiger partial charge on any atom is 0.252 e. The largest absolute Gasteiger partial charge is 0.356 e. The number of fused-ring (bicyclic) bond motifs is 1. The molecule has 7 heteroatoms. The summed E-state index contributed by atoms with van der Waals surface area (Å²) in [4.78, 5) is 23.1. The summed E-state index contributed by atoms with van der Waals surface area (Å²) >= 11 is 0. The number of amides is 1. The summed E-state index contributed by atoms with van der Waals surface area (Å²) in [5, 5.41) is 7.21. The summed E-state index contributed by atoms with van der Waals surface area (Å²) in [6.07, 6.45) is 3.53. The fraction of sp³-hybridized carbons (Fsp3) is 0.429.